The van der Waals surface area contributed by atoms with Crippen LogP contribution in [0.5, 0.6) is 0 Å². The molecule has 2 heterocycles. The Balaban J connectivity index is 1.75. The van der Waals surface area contributed by atoms with E-state index in [1.165, 1.54) is 0 Å². The van der Waals surface area contributed by atoms with E-state index in [9.17, 15) is 9.59 Å². The number of aromatic nitrogens is 1. The maximum Gasteiger partial charge on any atom is 0.255 e. The molecular weight excluding hydrogens is 364 g/mol. The van der Waals surface area contributed by atoms with Crippen molar-refractivity contribution in [2.24, 2.45) is 0 Å². The number of nitrogens with zero attached hydrogens (tertiary/aromatic N) is 4. The first-order valence-corrected chi connectivity index (χ1v) is 10.3. The molecular formula is C23H30N4O2. The highest BCUT2D eigenvalue weighted by atomic mass is 16.2. The third kappa shape index (κ3) is 5.21. The number of amides is 2. The summed E-state index contributed by atoms with van der Waals surface area (Å²) in [5.74, 6) is -0.163. The van der Waals surface area contributed by atoms with E-state index in [0.29, 0.717) is 30.8 Å². The highest BCUT2D eigenvalue weighted by Gasteiger charge is 2.24. The van der Waals surface area contributed by atoms with Crippen LogP contribution in [0.1, 0.15) is 47.1 Å². The molecule has 1 aromatic carbocycles. The van der Waals surface area contributed by atoms with Gasteiger partial charge in [-0.15, -0.1) is 0 Å². The van der Waals surface area contributed by atoms with Crippen LogP contribution in [-0.4, -0.2) is 70.3 Å². The van der Waals surface area contributed by atoms with Gasteiger partial charge in [0, 0.05) is 51.2 Å². The number of benzene rings is 1. The third-order valence-corrected chi connectivity index (χ3v) is 5.42. The molecule has 1 fully saturated rings. The fourth-order valence-corrected chi connectivity index (χ4v) is 3.56. The lowest BCUT2D eigenvalue weighted by Gasteiger charge is -2.34. The summed E-state index contributed by atoms with van der Waals surface area (Å²) in [6.45, 7) is 10.8. The minimum absolute atomic E-state index is 0.0317. The van der Waals surface area contributed by atoms with E-state index in [4.69, 9.17) is 0 Å². The van der Waals surface area contributed by atoms with Gasteiger partial charge in [0.05, 0.1) is 11.1 Å². The van der Waals surface area contributed by atoms with Crippen molar-refractivity contribution in [1.29, 1.82) is 0 Å². The standard InChI is InChI=1S/C23H30N4O2/c1-4-25-10-12-26(13-11-25)22(28)20-14-21(16-24-15-20)23(29)27(18(2)3)17-19-8-6-5-7-9-19/h5-9,14-16,18H,4,10-13,17H2,1-3H3. The zero-order chi connectivity index (χ0) is 20.8. The van der Waals surface area contributed by atoms with Crippen molar-refractivity contribution >= 4 is 11.8 Å². The molecule has 29 heavy (non-hydrogen) atoms. The second-order valence-electron chi connectivity index (χ2n) is 7.70. The van der Waals surface area contributed by atoms with Crippen LogP contribution in [0.3, 0.4) is 0 Å². The molecule has 0 N–H and O–H groups in total. The van der Waals surface area contributed by atoms with Crippen molar-refractivity contribution in [3.8, 4) is 0 Å². The number of hydrogen-bond acceptors (Lipinski definition) is 4. The predicted molar refractivity (Wildman–Crippen MR) is 114 cm³/mol. The van der Waals surface area contributed by atoms with Crippen LogP contribution in [0.25, 0.3) is 0 Å². The molecule has 2 aromatic rings. The Morgan fingerprint density at radius 3 is 2.31 bits per heavy atom. The maximum atomic E-state index is 13.2. The molecule has 0 unspecified atom stereocenters. The van der Waals surface area contributed by atoms with Crippen molar-refractivity contribution in [3.05, 3.63) is 65.5 Å². The lowest BCUT2D eigenvalue weighted by Crippen LogP contribution is -2.48. The molecule has 2 amide bonds. The molecule has 1 saturated heterocycles. The first-order valence-electron chi connectivity index (χ1n) is 10.3. The van der Waals surface area contributed by atoms with Gasteiger partial charge >= 0.3 is 0 Å². The number of likely N-dealkylation sites (N-methyl/N-ethyl adjacent to an activating group) is 1. The summed E-state index contributed by atoms with van der Waals surface area (Å²) in [4.78, 5) is 36.3. The van der Waals surface area contributed by atoms with Crippen molar-refractivity contribution in [1.82, 2.24) is 19.7 Å². The van der Waals surface area contributed by atoms with Gasteiger partial charge in [-0.3, -0.25) is 14.6 Å². The largest absolute Gasteiger partial charge is 0.336 e. The fourth-order valence-electron chi connectivity index (χ4n) is 3.56. The number of pyridine rings is 1. The zero-order valence-corrected chi connectivity index (χ0v) is 17.5. The molecule has 0 radical (unpaired) electrons. The number of carbonyl (C=O) groups excluding carboxylic acids is 2. The fraction of sp³-hybridized carbons (Fsp3) is 0.435. The molecule has 1 aliphatic rings. The van der Waals surface area contributed by atoms with Gasteiger partial charge in [0.25, 0.3) is 11.8 Å². The summed E-state index contributed by atoms with van der Waals surface area (Å²) >= 11 is 0. The third-order valence-electron chi connectivity index (χ3n) is 5.42. The quantitative estimate of drug-likeness (QED) is 0.756. The van der Waals surface area contributed by atoms with Crippen molar-refractivity contribution in [2.45, 2.75) is 33.4 Å². The van der Waals surface area contributed by atoms with E-state index >= 15 is 0 Å². The molecule has 154 valence electrons. The summed E-state index contributed by atoms with van der Waals surface area (Å²) in [6.07, 6.45) is 3.11. The summed E-state index contributed by atoms with van der Waals surface area (Å²) in [5, 5.41) is 0. The maximum absolute atomic E-state index is 13.2. The number of piperazine rings is 1. The molecule has 0 aliphatic carbocycles. The van der Waals surface area contributed by atoms with Crippen molar-refractivity contribution in [2.75, 3.05) is 32.7 Å². The highest BCUT2D eigenvalue weighted by molar-refractivity contribution is 5.99. The summed E-state index contributed by atoms with van der Waals surface area (Å²) in [5.41, 5.74) is 2.00. The Bertz CT molecular complexity index is 830. The van der Waals surface area contributed by atoms with Gasteiger partial charge in [-0.25, -0.2) is 0 Å². The molecule has 3 rings (SSSR count). The number of rotatable bonds is 6. The molecule has 1 aliphatic heterocycles. The molecule has 0 saturated carbocycles. The van der Waals surface area contributed by atoms with Gasteiger partial charge in [0.1, 0.15) is 0 Å². The highest BCUT2D eigenvalue weighted by Crippen LogP contribution is 2.15. The van der Waals surface area contributed by atoms with E-state index in [-0.39, 0.29) is 17.9 Å². The van der Waals surface area contributed by atoms with E-state index in [2.05, 4.69) is 16.8 Å². The Morgan fingerprint density at radius 2 is 1.69 bits per heavy atom. The second-order valence-corrected chi connectivity index (χ2v) is 7.70. The van der Waals surface area contributed by atoms with Crippen LogP contribution < -0.4 is 0 Å². The van der Waals surface area contributed by atoms with E-state index in [1.807, 2.05) is 49.1 Å². The Hall–Kier alpha value is -2.73. The monoisotopic (exact) mass is 394 g/mol. The molecule has 6 heteroatoms. The molecule has 6 nitrogen and oxygen atoms in total. The van der Waals surface area contributed by atoms with Crippen LogP contribution in [0.4, 0.5) is 0 Å². The predicted octanol–water partition coefficient (Wildman–Crippen LogP) is 2.91. The van der Waals surface area contributed by atoms with Crippen LogP contribution in [-0.2, 0) is 6.54 Å². The second kappa shape index (κ2) is 9.65. The van der Waals surface area contributed by atoms with Gasteiger partial charge in [-0.1, -0.05) is 37.3 Å². The topological polar surface area (TPSA) is 56.8 Å². The zero-order valence-electron chi connectivity index (χ0n) is 17.5. The molecule has 1 aromatic heterocycles. The van der Waals surface area contributed by atoms with Crippen LogP contribution in [0.15, 0.2) is 48.8 Å². The summed E-state index contributed by atoms with van der Waals surface area (Å²) in [6, 6.07) is 11.6. The van der Waals surface area contributed by atoms with Crippen LogP contribution in [0, 0.1) is 0 Å². The number of carbonyl (C=O) groups is 2. The molecule has 0 atom stereocenters. The first kappa shape index (κ1) is 21.0. The van der Waals surface area contributed by atoms with Crippen molar-refractivity contribution in [3.63, 3.8) is 0 Å². The Labute approximate surface area is 173 Å². The van der Waals surface area contributed by atoms with Gasteiger partial charge in [-0.05, 0) is 32.0 Å². The first-order chi connectivity index (χ1) is 14.0. The van der Waals surface area contributed by atoms with Crippen LogP contribution >= 0.6 is 0 Å². The van der Waals surface area contributed by atoms with E-state index in [0.717, 1.165) is 25.2 Å². The minimum atomic E-state index is -0.109. The van der Waals surface area contributed by atoms with Gasteiger partial charge in [-0.2, -0.15) is 0 Å². The van der Waals surface area contributed by atoms with Gasteiger partial charge < -0.3 is 14.7 Å². The summed E-state index contributed by atoms with van der Waals surface area (Å²) in [7, 11) is 0. The average molecular weight is 395 g/mol. The summed E-state index contributed by atoms with van der Waals surface area (Å²) < 4.78 is 0. The minimum Gasteiger partial charge on any atom is -0.336 e. The SMILES string of the molecule is CCN1CCN(C(=O)c2cncc(C(=O)N(Cc3ccccc3)C(C)C)c2)CC1. The van der Waals surface area contributed by atoms with Gasteiger partial charge in [0.2, 0.25) is 0 Å². The van der Waals surface area contributed by atoms with Crippen LogP contribution in [0.2, 0.25) is 0 Å². The van der Waals surface area contributed by atoms with Crippen molar-refractivity contribution < 1.29 is 9.59 Å². The Kier molecular flexibility index (Phi) is 6.99. The molecule has 0 spiro atoms. The average Bonchev–Trinajstić information content (AvgIpc) is 2.77. The smallest absolute Gasteiger partial charge is 0.255 e. The lowest BCUT2D eigenvalue weighted by atomic mass is 10.1. The normalized spacial score (nSPS) is 14.8. The molecule has 0 bridgehead atoms. The Morgan fingerprint density at radius 1 is 1.03 bits per heavy atom. The lowest BCUT2D eigenvalue weighted by molar-refractivity contribution is 0.0643. The van der Waals surface area contributed by atoms with Gasteiger partial charge in [0.15, 0.2) is 0 Å². The number of hydrogen-bond donors (Lipinski definition) is 0. The van der Waals surface area contributed by atoms with E-state index < -0.39 is 0 Å². The van der Waals surface area contributed by atoms with E-state index in [1.54, 1.807) is 23.4 Å².